The Labute approximate surface area is 137 Å². The lowest BCUT2D eigenvalue weighted by atomic mass is 10.1. The zero-order chi connectivity index (χ0) is 17.0. The second-order valence-electron chi connectivity index (χ2n) is 6.19. The number of benzene rings is 1. The quantitative estimate of drug-likeness (QED) is 0.782. The van der Waals surface area contributed by atoms with E-state index in [1.54, 1.807) is 13.2 Å². The maximum Gasteiger partial charge on any atom is 0.252 e. The number of piperazine rings is 1. The average molecular weight is 320 g/mol. The van der Waals surface area contributed by atoms with Crippen molar-refractivity contribution in [3.63, 3.8) is 0 Å². The van der Waals surface area contributed by atoms with Crippen LogP contribution >= 0.6 is 0 Å². The zero-order valence-corrected chi connectivity index (χ0v) is 14.1. The van der Waals surface area contributed by atoms with Crippen LogP contribution in [0.1, 0.15) is 20.3 Å². The highest BCUT2D eigenvalue weighted by Crippen LogP contribution is 2.22. The van der Waals surface area contributed by atoms with Crippen molar-refractivity contribution in [2.45, 2.75) is 32.4 Å². The summed E-state index contributed by atoms with van der Waals surface area (Å²) in [7, 11) is 1.55. The summed E-state index contributed by atoms with van der Waals surface area (Å²) in [6.07, 6.45) is 0.0637. The molecule has 2 rings (SSSR count). The smallest absolute Gasteiger partial charge is 0.252 e. The van der Waals surface area contributed by atoms with Crippen molar-refractivity contribution in [1.82, 2.24) is 4.90 Å². The van der Waals surface area contributed by atoms with Crippen LogP contribution in [-0.4, -0.2) is 49.7 Å². The van der Waals surface area contributed by atoms with Crippen LogP contribution in [0, 0.1) is 5.82 Å². The second kappa shape index (κ2) is 7.59. The lowest BCUT2D eigenvalue weighted by molar-refractivity contribution is -0.142. The van der Waals surface area contributed by atoms with Gasteiger partial charge in [0.1, 0.15) is 11.9 Å². The van der Waals surface area contributed by atoms with E-state index >= 15 is 0 Å². The SMILES string of the molecule is C=C(C)CC(OC)C(=O)N1CCN(c2cccc(F)c2)[C@@H](C)C1. The summed E-state index contributed by atoms with van der Waals surface area (Å²) in [5.41, 5.74) is 1.78. The van der Waals surface area contributed by atoms with Crippen LogP contribution in [0.4, 0.5) is 10.1 Å². The van der Waals surface area contributed by atoms with Gasteiger partial charge in [-0.25, -0.2) is 4.39 Å². The number of carbonyl (C=O) groups excluding carboxylic acids is 1. The lowest BCUT2D eigenvalue weighted by Crippen LogP contribution is -2.56. The first-order chi connectivity index (χ1) is 10.9. The van der Waals surface area contributed by atoms with Crippen molar-refractivity contribution in [3.05, 3.63) is 42.2 Å². The zero-order valence-electron chi connectivity index (χ0n) is 14.1. The van der Waals surface area contributed by atoms with Gasteiger partial charge in [-0.15, -0.1) is 6.58 Å². The van der Waals surface area contributed by atoms with Crippen molar-refractivity contribution < 1.29 is 13.9 Å². The third kappa shape index (κ3) is 4.32. The molecule has 1 saturated heterocycles. The maximum absolute atomic E-state index is 13.4. The third-order valence-corrected chi connectivity index (χ3v) is 4.17. The highest BCUT2D eigenvalue weighted by Gasteiger charge is 2.31. The molecular weight excluding hydrogens is 295 g/mol. The average Bonchev–Trinajstić information content (AvgIpc) is 2.51. The fourth-order valence-electron chi connectivity index (χ4n) is 2.99. The summed E-state index contributed by atoms with van der Waals surface area (Å²) < 4.78 is 18.7. The Hall–Kier alpha value is -1.88. The molecule has 0 bridgehead atoms. The molecule has 1 aromatic carbocycles. The Morgan fingerprint density at radius 1 is 1.48 bits per heavy atom. The van der Waals surface area contributed by atoms with Crippen LogP contribution in [0.25, 0.3) is 0 Å². The Morgan fingerprint density at radius 2 is 2.22 bits per heavy atom. The number of amides is 1. The molecule has 0 N–H and O–H groups in total. The minimum Gasteiger partial charge on any atom is -0.371 e. The van der Waals surface area contributed by atoms with Gasteiger partial charge in [0.05, 0.1) is 0 Å². The molecule has 2 atom stereocenters. The van der Waals surface area contributed by atoms with E-state index in [0.29, 0.717) is 26.1 Å². The summed E-state index contributed by atoms with van der Waals surface area (Å²) in [5, 5.41) is 0. The van der Waals surface area contributed by atoms with E-state index in [0.717, 1.165) is 11.3 Å². The predicted octanol–water partition coefficient (Wildman–Crippen LogP) is 2.84. The van der Waals surface area contributed by atoms with Gasteiger partial charge in [0, 0.05) is 44.9 Å². The summed E-state index contributed by atoms with van der Waals surface area (Å²) in [6.45, 7) is 9.68. The maximum atomic E-state index is 13.4. The first kappa shape index (κ1) is 17.5. The molecule has 4 nitrogen and oxygen atoms in total. The van der Waals surface area contributed by atoms with Crippen LogP contribution in [0.5, 0.6) is 0 Å². The minimum absolute atomic E-state index is 0.00115. The molecule has 1 heterocycles. The summed E-state index contributed by atoms with van der Waals surface area (Å²) in [4.78, 5) is 16.6. The van der Waals surface area contributed by atoms with Crippen molar-refractivity contribution >= 4 is 11.6 Å². The molecule has 1 aliphatic rings. The fourth-order valence-corrected chi connectivity index (χ4v) is 2.99. The third-order valence-electron chi connectivity index (χ3n) is 4.17. The van der Waals surface area contributed by atoms with Gasteiger partial charge in [-0.2, -0.15) is 0 Å². The molecule has 1 aliphatic heterocycles. The topological polar surface area (TPSA) is 32.8 Å². The van der Waals surface area contributed by atoms with Crippen molar-refractivity contribution in [1.29, 1.82) is 0 Å². The molecular formula is C18H25FN2O2. The Morgan fingerprint density at radius 3 is 2.78 bits per heavy atom. The summed E-state index contributed by atoms with van der Waals surface area (Å²) in [5.74, 6) is -0.240. The van der Waals surface area contributed by atoms with Crippen molar-refractivity contribution in [3.8, 4) is 0 Å². The molecule has 5 heteroatoms. The van der Waals surface area contributed by atoms with Gasteiger partial charge in [-0.05, 0) is 32.0 Å². The van der Waals surface area contributed by atoms with E-state index < -0.39 is 6.10 Å². The number of anilines is 1. The van der Waals surface area contributed by atoms with Crippen LogP contribution in [0.2, 0.25) is 0 Å². The monoisotopic (exact) mass is 320 g/mol. The molecule has 0 aliphatic carbocycles. The standard InChI is InChI=1S/C18H25FN2O2/c1-13(2)10-17(23-4)18(22)20-8-9-21(14(3)12-20)16-7-5-6-15(19)11-16/h5-7,11,14,17H,1,8-10,12H2,2-4H3/t14-,17?/m0/s1. The van der Waals surface area contributed by atoms with Gasteiger partial charge in [0.25, 0.3) is 5.91 Å². The van der Waals surface area contributed by atoms with Crippen molar-refractivity contribution in [2.24, 2.45) is 0 Å². The molecule has 1 fully saturated rings. The van der Waals surface area contributed by atoms with Gasteiger partial charge in [0.2, 0.25) is 0 Å². The van der Waals surface area contributed by atoms with Crippen LogP contribution in [0.15, 0.2) is 36.4 Å². The Balaban J connectivity index is 2.03. The number of rotatable bonds is 5. The van der Waals surface area contributed by atoms with E-state index in [-0.39, 0.29) is 17.8 Å². The van der Waals surface area contributed by atoms with E-state index in [4.69, 9.17) is 4.74 Å². The molecule has 126 valence electrons. The number of methoxy groups -OCH3 is 1. The van der Waals surface area contributed by atoms with Gasteiger partial charge < -0.3 is 14.5 Å². The number of hydrogen-bond acceptors (Lipinski definition) is 3. The first-order valence-corrected chi connectivity index (χ1v) is 7.90. The number of hydrogen-bond donors (Lipinski definition) is 0. The summed E-state index contributed by atoms with van der Waals surface area (Å²) >= 11 is 0. The van der Waals surface area contributed by atoms with Crippen LogP contribution in [0.3, 0.4) is 0 Å². The molecule has 1 unspecified atom stereocenters. The number of halogens is 1. The molecule has 0 spiro atoms. The minimum atomic E-state index is -0.472. The molecule has 1 aromatic rings. The van der Waals surface area contributed by atoms with Crippen LogP contribution in [-0.2, 0) is 9.53 Å². The lowest BCUT2D eigenvalue weighted by Gasteiger charge is -2.42. The number of nitrogens with zero attached hydrogens (tertiary/aromatic N) is 2. The molecule has 23 heavy (non-hydrogen) atoms. The van der Waals surface area contributed by atoms with Gasteiger partial charge in [-0.1, -0.05) is 11.6 Å². The number of carbonyl (C=O) groups is 1. The summed E-state index contributed by atoms with van der Waals surface area (Å²) in [6, 6.07) is 6.71. The molecule has 1 amide bonds. The van der Waals surface area contributed by atoms with E-state index in [1.165, 1.54) is 12.1 Å². The van der Waals surface area contributed by atoms with Crippen molar-refractivity contribution in [2.75, 3.05) is 31.6 Å². The predicted molar refractivity (Wildman–Crippen MR) is 90.0 cm³/mol. The van der Waals surface area contributed by atoms with Gasteiger partial charge >= 0.3 is 0 Å². The molecule has 0 radical (unpaired) electrons. The van der Waals surface area contributed by atoms with Gasteiger partial charge in [0.15, 0.2) is 0 Å². The molecule has 0 aromatic heterocycles. The highest BCUT2D eigenvalue weighted by molar-refractivity contribution is 5.81. The normalized spacial score (nSPS) is 19.6. The fraction of sp³-hybridized carbons (Fsp3) is 0.500. The molecule has 0 saturated carbocycles. The first-order valence-electron chi connectivity index (χ1n) is 7.90. The van der Waals surface area contributed by atoms with Crippen LogP contribution < -0.4 is 4.90 Å². The second-order valence-corrected chi connectivity index (χ2v) is 6.19. The Kier molecular flexibility index (Phi) is 5.77. The van der Waals surface area contributed by atoms with E-state index in [1.807, 2.05) is 24.8 Å². The van der Waals surface area contributed by atoms with E-state index in [9.17, 15) is 9.18 Å². The van der Waals surface area contributed by atoms with Gasteiger partial charge in [-0.3, -0.25) is 4.79 Å². The largest absolute Gasteiger partial charge is 0.371 e. The van der Waals surface area contributed by atoms with E-state index in [2.05, 4.69) is 11.5 Å². The number of ether oxygens (including phenoxy) is 1. The highest BCUT2D eigenvalue weighted by atomic mass is 19.1. The Bertz CT molecular complexity index is 576.